The molecule has 3 nitrogen and oxygen atoms in total. The first-order chi connectivity index (χ1) is 7.63. The van der Waals surface area contributed by atoms with Gasteiger partial charge in [0.1, 0.15) is 5.82 Å². The highest BCUT2D eigenvalue weighted by Gasteiger charge is 2.18. The molecule has 0 saturated heterocycles. The van der Waals surface area contributed by atoms with Crippen LogP contribution >= 0.6 is 0 Å². The number of ether oxygens (including phenoxy) is 1. The summed E-state index contributed by atoms with van der Waals surface area (Å²) in [6, 6.07) is 5.77. The monoisotopic (exact) mass is 226 g/mol. The predicted octanol–water partition coefficient (Wildman–Crippen LogP) is 2.25. The Balaban J connectivity index is 2.60. The molecule has 1 aromatic rings. The second kappa shape index (κ2) is 6.23. The molecule has 88 valence electrons. The van der Waals surface area contributed by atoms with E-state index in [0.29, 0.717) is 6.61 Å². The van der Waals surface area contributed by atoms with Crippen LogP contribution in [0.15, 0.2) is 24.3 Å². The van der Waals surface area contributed by atoms with Gasteiger partial charge in [0.25, 0.3) is 0 Å². The van der Waals surface area contributed by atoms with Gasteiger partial charge >= 0.3 is 5.97 Å². The molecule has 1 aromatic carbocycles. The van der Waals surface area contributed by atoms with E-state index >= 15 is 0 Å². The third kappa shape index (κ3) is 3.98. The van der Waals surface area contributed by atoms with Crippen molar-refractivity contribution in [3.63, 3.8) is 0 Å². The van der Waals surface area contributed by atoms with Crippen LogP contribution in [-0.2, 0) is 16.0 Å². The molecular formula is C12H15FO3. The Morgan fingerprint density at radius 2 is 2.06 bits per heavy atom. The van der Waals surface area contributed by atoms with Crippen molar-refractivity contribution in [1.29, 1.82) is 0 Å². The lowest BCUT2D eigenvalue weighted by atomic mass is 10.1. The summed E-state index contributed by atoms with van der Waals surface area (Å²) in [6.07, 6.45) is 0.174. The van der Waals surface area contributed by atoms with Crippen molar-refractivity contribution in [2.75, 3.05) is 6.61 Å². The Morgan fingerprint density at radius 1 is 1.44 bits per heavy atom. The van der Waals surface area contributed by atoms with Crippen LogP contribution in [0.5, 0.6) is 0 Å². The molecule has 16 heavy (non-hydrogen) atoms. The summed E-state index contributed by atoms with van der Waals surface area (Å²) in [4.78, 5) is 10.9. The number of benzene rings is 1. The van der Waals surface area contributed by atoms with Crippen molar-refractivity contribution >= 4 is 5.97 Å². The quantitative estimate of drug-likeness (QED) is 0.809. The molecule has 0 aliphatic heterocycles. The Kier molecular flexibility index (Phi) is 4.92. The van der Waals surface area contributed by atoms with Crippen LogP contribution in [-0.4, -0.2) is 23.8 Å². The molecule has 0 radical (unpaired) electrons. The summed E-state index contributed by atoms with van der Waals surface area (Å²) >= 11 is 0. The van der Waals surface area contributed by atoms with Crippen molar-refractivity contribution in [2.24, 2.45) is 0 Å². The topological polar surface area (TPSA) is 46.5 Å². The molecule has 0 aliphatic rings. The predicted molar refractivity (Wildman–Crippen MR) is 57.8 cm³/mol. The lowest BCUT2D eigenvalue weighted by Gasteiger charge is -2.12. The number of carbonyl (C=O) groups is 1. The normalized spacial score (nSPS) is 12.4. The number of carboxylic acid groups (broad SMARTS) is 1. The Hall–Kier alpha value is -1.42. The zero-order valence-electron chi connectivity index (χ0n) is 9.15. The number of halogens is 1. The Labute approximate surface area is 93.9 Å². The van der Waals surface area contributed by atoms with Crippen LogP contribution in [0.1, 0.15) is 18.9 Å². The van der Waals surface area contributed by atoms with Gasteiger partial charge in [-0.25, -0.2) is 9.18 Å². The van der Waals surface area contributed by atoms with Crippen LogP contribution in [0.3, 0.4) is 0 Å². The van der Waals surface area contributed by atoms with Gasteiger partial charge in [0.15, 0.2) is 6.10 Å². The standard InChI is InChI=1S/C12H15FO3/c1-2-7-16-11(12(14)15)8-9-3-5-10(13)6-4-9/h3-6,11H,2,7-8H2,1H3,(H,14,15)/t11-/m1/s1. The van der Waals surface area contributed by atoms with Crippen molar-refractivity contribution in [3.05, 3.63) is 35.6 Å². The van der Waals surface area contributed by atoms with Gasteiger partial charge in [-0.1, -0.05) is 19.1 Å². The highest BCUT2D eigenvalue weighted by Crippen LogP contribution is 2.08. The van der Waals surface area contributed by atoms with E-state index < -0.39 is 12.1 Å². The molecule has 0 spiro atoms. The summed E-state index contributed by atoms with van der Waals surface area (Å²) in [5.74, 6) is -1.32. The third-order valence-electron chi connectivity index (χ3n) is 2.13. The van der Waals surface area contributed by atoms with Crippen molar-refractivity contribution in [3.8, 4) is 0 Å². The number of aliphatic carboxylic acids is 1. The molecule has 0 aliphatic carbocycles. The lowest BCUT2D eigenvalue weighted by molar-refractivity contribution is -0.150. The van der Waals surface area contributed by atoms with Crippen molar-refractivity contribution in [2.45, 2.75) is 25.9 Å². The van der Waals surface area contributed by atoms with Gasteiger partial charge in [-0.2, -0.15) is 0 Å². The molecule has 0 aromatic heterocycles. The SMILES string of the molecule is CCCO[C@H](Cc1ccc(F)cc1)C(=O)O. The highest BCUT2D eigenvalue weighted by molar-refractivity contribution is 5.72. The molecule has 0 amide bonds. The average molecular weight is 226 g/mol. The zero-order valence-corrected chi connectivity index (χ0v) is 9.15. The first-order valence-corrected chi connectivity index (χ1v) is 5.22. The summed E-state index contributed by atoms with van der Waals surface area (Å²) in [5, 5.41) is 8.92. The number of carboxylic acids is 1. The van der Waals surface area contributed by atoms with Crippen LogP contribution in [0.4, 0.5) is 4.39 Å². The smallest absolute Gasteiger partial charge is 0.333 e. The van der Waals surface area contributed by atoms with Gasteiger partial charge < -0.3 is 9.84 Å². The molecular weight excluding hydrogens is 211 g/mol. The minimum Gasteiger partial charge on any atom is -0.479 e. The molecule has 0 heterocycles. The molecule has 0 bridgehead atoms. The summed E-state index contributed by atoms with van der Waals surface area (Å²) in [7, 11) is 0. The van der Waals surface area contributed by atoms with E-state index in [2.05, 4.69) is 0 Å². The zero-order chi connectivity index (χ0) is 12.0. The largest absolute Gasteiger partial charge is 0.479 e. The summed E-state index contributed by atoms with van der Waals surface area (Å²) in [5.41, 5.74) is 0.755. The fraction of sp³-hybridized carbons (Fsp3) is 0.417. The summed E-state index contributed by atoms with van der Waals surface area (Å²) in [6.45, 7) is 2.33. The molecule has 1 atom stereocenters. The van der Waals surface area contributed by atoms with E-state index in [4.69, 9.17) is 9.84 Å². The molecule has 0 unspecified atom stereocenters. The van der Waals surface area contributed by atoms with Crippen molar-refractivity contribution < 1.29 is 19.0 Å². The van der Waals surface area contributed by atoms with Crippen molar-refractivity contribution in [1.82, 2.24) is 0 Å². The maximum Gasteiger partial charge on any atom is 0.333 e. The van der Waals surface area contributed by atoms with E-state index in [1.807, 2.05) is 6.92 Å². The van der Waals surface area contributed by atoms with Crippen LogP contribution in [0.25, 0.3) is 0 Å². The third-order valence-corrected chi connectivity index (χ3v) is 2.13. The maximum atomic E-state index is 12.6. The molecule has 1 N–H and O–H groups in total. The Bertz CT molecular complexity index is 335. The first-order valence-electron chi connectivity index (χ1n) is 5.22. The van der Waals surface area contributed by atoms with Crippen LogP contribution < -0.4 is 0 Å². The van der Waals surface area contributed by atoms with E-state index in [1.54, 1.807) is 12.1 Å². The average Bonchev–Trinajstić information content (AvgIpc) is 2.26. The van der Waals surface area contributed by atoms with Gasteiger partial charge in [-0.15, -0.1) is 0 Å². The van der Waals surface area contributed by atoms with E-state index in [0.717, 1.165) is 12.0 Å². The fourth-order valence-corrected chi connectivity index (χ4v) is 1.31. The second-order valence-corrected chi connectivity index (χ2v) is 3.53. The Morgan fingerprint density at radius 3 is 2.56 bits per heavy atom. The molecule has 0 saturated carbocycles. The van der Waals surface area contributed by atoms with E-state index in [9.17, 15) is 9.18 Å². The maximum absolute atomic E-state index is 12.6. The second-order valence-electron chi connectivity index (χ2n) is 3.53. The van der Waals surface area contributed by atoms with Crippen LogP contribution in [0.2, 0.25) is 0 Å². The number of hydrogen-bond donors (Lipinski definition) is 1. The van der Waals surface area contributed by atoms with Gasteiger partial charge in [-0.05, 0) is 24.1 Å². The minimum absolute atomic E-state index is 0.260. The van der Waals surface area contributed by atoms with E-state index in [-0.39, 0.29) is 12.2 Å². The number of hydrogen-bond acceptors (Lipinski definition) is 2. The summed E-state index contributed by atoms with van der Waals surface area (Å²) < 4.78 is 17.8. The van der Waals surface area contributed by atoms with Gasteiger partial charge in [0, 0.05) is 13.0 Å². The number of rotatable bonds is 6. The molecule has 4 heteroatoms. The van der Waals surface area contributed by atoms with Gasteiger partial charge in [-0.3, -0.25) is 0 Å². The molecule has 1 rings (SSSR count). The van der Waals surface area contributed by atoms with Gasteiger partial charge in [0.05, 0.1) is 0 Å². The highest BCUT2D eigenvalue weighted by atomic mass is 19.1. The first kappa shape index (κ1) is 12.6. The van der Waals surface area contributed by atoms with E-state index in [1.165, 1.54) is 12.1 Å². The van der Waals surface area contributed by atoms with Crippen LogP contribution in [0, 0.1) is 5.82 Å². The fourth-order valence-electron chi connectivity index (χ4n) is 1.31. The minimum atomic E-state index is -0.988. The van der Waals surface area contributed by atoms with Gasteiger partial charge in [0.2, 0.25) is 0 Å². The molecule has 0 fully saturated rings. The lowest BCUT2D eigenvalue weighted by Crippen LogP contribution is -2.26.